The molecule has 2 aliphatic heterocycles. The van der Waals surface area contributed by atoms with E-state index in [1.807, 2.05) is 24.4 Å². The summed E-state index contributed by atoms with van der Waals surface area (Å²) in [6, 6.07) is 10.2. The summed E-state index contributed by atoms with van der Waals surface area (Å²) in [5.41, 5.74) is 1.82. The third kappa shape index (κ3) is 3.77. The molecule has 30 heavy (non-hydrogen) atoms. The van der Waals surface area contributed by atoms with Gasteiger partial charge in [-0.3, -0.25) is 9.59 Å². The van der Waals surface area contributed by atoms with Crippen LogP contribution in [0, 0.1) is 0 Å². The SMILES string of the molecule is CCCOC(=O)c1ccc(N2C(=O)C(c3cccs3)=C(N3CCCCC3)C2=O)cc1. The van der Waals surface area contributed by atoms with Gasteiger partial charge in [0.05, 0.1) is 23.4 Å². The highest BCUT2D eigenvalue weighted by Crippen LogP contribution is 2.37. The molecule has 156 valence electrons. The highest BCUT2D eigenvalue weighted by Gasteiger charge is 2.43. The molecule has 1 fully saturated rings. The number of piperidine rings is 1. The van der Waals surface area contributed by atoms with Crippen molar-refractivity contribution >= 4 is 40.4 Å². The summed E-state index contributed by atoms with van der Waals surface area (Å²) in [6.45, 7) is 3.84. The number of imide groups is 1. The Bertz CT molecular complexity index is 973. The van der Waals surface area contributed by atoms with Gasteiger partial charge in [-0.2, -0.15) is 0 Å². The summed E-state index contributed by atoms with van der Waals surface area (Å²) in [7, 11) is 0. The van der Waals surface area contributed by atoms with E-state index in [1.165, 1.54) is 16.2 Å². The highest BCUT2D eigenvalue weighted by atomic mass is 32.1. The van der Waals surface area contributed by atoms with Crippen molar-refractivity contribution in [3.63, 3.8) is 0 Å². The molecule has 6 nitrogen and oxygen atoms in total. The Morgan fingerprint density at radius 3 is 2.40 bits per heavy atom. The van der Waals surface area contributed by atoms with E-state index in [0.717, 1.165) is 43.6 Å². The van der Waals surface area contributed by atoms with E-state index in [2.05, 4.69) is 4.90 Å². The van der Waals surface area contributed by atoms with Gasteiger partial charge in [-0.1, -0.05) is 13.0 Å². The number of amides is 2. The quantitative estimate of drug-likeness (QED) is 0.516. The monoisotopic (exact) mass is 424 g/mol. The van der Waals surface area contributed by atoms with Gasteiger partial charge in [-0.15, -0.1) is 11.3 Å². The van der Waals surface area contributed by atoms with E-state index in [0.29, 0.717) is 29.1 Å². The molecular formula is C23H24N2O4S. The maximum absolute atomic E-state index is 13.4. The second-order valence-corrected chi connectivity index (χ2v) is 8.32. The normalized spacial score (nSPS) is 17.1. The lowest BCUT2D eigenvalue weighted by molar-refractivity contribution is -0.120. The first-order chi connectivity index (χ1) is 14.6. The van der Waals surface area contributed by atoms with Crippen molar-refractivity contribution < 1.29 is 19.1 Å². The number of esters is 1. The fraction of sp³-hybridized carbons (Fsp3) is 0.348. The number of rotatable bonds is 6. The Morgan fingerprint density at radius 2 is 1.77 bits per heavy atom. The van der Waals surface area contributed by atoms with Crippen LogP contribution in [0.15, 0.2) is 47.5 Å². The molecule has 2 amide bonds. The molecule has 0 N–H and O–H groups in total. The van der Waals surface area contributed by atoms with Crippen LogP contribution in [0.3, 0.4) is 0 Å². The van der Waals surface area contributed by atoms with Crippen molar-refractivity contribution in [2.24, 2.45) is 0 Å². The second kappa shape index (κ2) is 8.83. The van der Waals surface area contributed by atoms with Crippen molar-refractivity contribution in [2.45, 2.75) is 32.6 Å². The van der Waals surface area contributed by atoms with Gasteiger partial charge in [0.25, 0.3) is 11.8 Å². The number of nitrogens with zero attached hydrogens (tertiary/aromatic N) is 2. The van der Waals surface area contributed by atoms with Crippen molar-refractivity contribution in [3.05, 3.63) is 57.9 Å². The Morgan fingerprint density at radius 1 is 1.03 bits per heavy atom. The topological polar surface area (TPSA) is 66.9 Å². The maximum Gasteiger partial charge on any atom is 0.338 e. The molecule has 0 bridgehead atoms. The van der Waals surface area contributed by atoms with E-state index in [-0.39, 0.29) is 11.8 Å². The molecule has 2 aliphatic rings. The highest BCUT2D eigenvalue weighted by molar-refractivity contribution is 7.11. The van der Waals surface area contributed by atoms with Gasteiger partial charge in [0.1, 0.15) is 5.70 Å². The van der Waals surface area contributed by atoms with Gasteiger partial charge >= 0.3 is 5.97 Å². The predicted molar refractivity (Wildman–Crippen MR) is 116 cm³/mol. The van der Waals surface area contributed by atoms with E-state index in [4.69, 9.17) is 4.74 Å². The van der Waals surface area contributed by atoms with Gasteiger partial charge in [0.2, 0.25) is 0 Å². The summed E-state index contributed by atoms with van der Waals surface area (Å²) in [5.74, 6) is -1.02. The number of hydrogen-bond acceptors (Lipinski definition) is 6. The zero-order chi connectivity index (χ0) is 21.1. The average molecular weight is 425 g/mol. The van der Waals surface area contributed by atoms with Crippen LogP contribution in [-0.4, -0.2) is 42.4 Å². The minimum Gasteiger partial charge on any atom is -0.462 e. The van der Waals surface area contributed by atoms with Gasteiger partial charge in [0.15, 0.2) is 0 Å². The van der Waals surface area contributed by atoms with Crippen molar-refractivity contribution in [1.29, 1.82) is 0 Å². The number of ether oxygens (including phenoxy) is 1. The lowest BCUT2D eigenvalue weighted by Crippen LogP contribution is -2.37. The molecular weight excluding hydrogens is 400 g/mol. The lowest BCUT2D eigenvalue weighted by atomic mass is 10.1. The number of thiophene rings is 1. The number of anilines is 1. The summed E-state index contributed by atoms with van der Waals surface area (Å²) in [4.78, 5) is 42.9. The number of benzene rings is 1. The van der Waals surface area contributed by atoms with Gasteiger partial charge in [-0.05, 0) is 61.4 Å². The first kappa shape index (κ1) is 20.3. The Hall–Kier alpha value is -2.93. The third-order valence-corrected chi connectivity index (χ3v) is 6.19. The molecule has 0 unspecified atom stereocenters. The summed E-state index contributed by atoms with van der Waals surface area (Å²) in [5, 5.41) is 1.91. The fourth-order valence-corrected chi connectivity index (χ4v) is 4.59. The standard InChI is InChI=1S/C23H24N2O4S/c1-2-14-29-23(28)16-8-10-17(11-9-16)25-21(26)19(18-7-6-15-30-18)20(22(25)27)24-12-4-3-5-13-24/h6-11,15H,2-5,12-14H2,1H3. The number of hydrogen-bond donors (Lipinski definition) is 0. The summed E-state index contributed by atoms with van der Waals surface area (Å²) < 4.78 is 5.15. The molecule has 0 saturated carbocycles. The zero-order valence-corrected chi connectivity index (χ0v) is 17.7. The van der Waals surface area contributed by atoms with Crippen LogP contribution in [-0.2, 0) is 14.3 Å². The first-order valence-corrected chi connectivity index (χ1v) is 11.2. The van der Waals surface area contributed by atoms with Crippen molar-refractivity contribution in [2.75, 3.05) is 24.6 Å². The van der Waals surface area contributed by atoms with Crippen LogP contribution in [0.5, 0.6) is 0 Å². The van der Waals surface area contributed by atoms with Crippen LogP contribution in [0.25, 0.3) is 5.57 Å². The molecule has 3 heterocycles. The Balaban J connectivity index is 1.65. The van der Waals surface area contributed by atoms with E-state index < -0.39 is 5.97 Å². The smallest absolute Gasteiger partial charge is 0.338 e. The minimum absolute atomic E-state index is 0.299. The largest absolute Gasteiger partial charge is 0.462 e. The van der Waals surface area contributed by atoms with Crippen LogP contribution >= 0.6 is 11.3 Å². The summed E-state index contributed by atoms with van der Waals surface area (Å²) >= 11 is 1.46. The molecule has 7 heteroatoms. The van der Waals surface area contributed by atoms with Crippen LogP contribution in [0.4, 0.5) is 5.69 Å². The molecule has 2 aromatic rings. The van der Waals surface area contributed by atoms with E-state index in [9.17, 15) is 14.4 Å². The Labute approximate surface area is 179 Å². The number of carbonyl (C=O) groups excluding carboxylic acids is 3. The molecule has 0 atom stereocenters. The number of carbonyl (C=O) groups is 3. The maximum atomic E-state index is 13.4. The van der Waals surface area contributed by atoms with E-state index in [1.54, 1.807) is 24.3 Å². The van der Waals surface area contributed by atoms with Crippen molar-refractivity contribution in [3.8, 4) is 0 Å². The first-order valence-electron chi connectivity index (χ1n) is 10.3. The molecule has 1 saturated heterocycles. The van der Waals surface area contributed by atoms with Gasteiger partial charge < -0.3 is 9.64 Å². The molecule has 0 spiro atoms. The fourth-order valence-electron chi connectivity index (χ4n) is 3.83. The predicted octanol–water partition coefficient (Wildman–Crippen LogP) is 4.09. The van der Waals surface area contributed by atoms with Crippen LogP contribution < -0.4 is 4.90 Å². The van der Waals surface area contributed by atoms with Crippen LogP contribution in [0.2, 0.25) is 0 Å². The van der Waals surface area contributed by atoms with Gasteiger partial charge in [-0.25, -0.2) is 9.69 Å². The third-order valence-electron chi connectivity index (χ3n) is 5.30. The molecule has 0 radical (unpaired) electrons. The Kier molecular flexibility index (Phi) is 5.99. The summed E-state index contributed by atoms with van der Waals surface area (Å²) in [6.07, 6.45) is 3.91. The average Bonchev–Trinajstić information content (AvgIpc) is 3.39. The number of likely N-dealkylation sites (tertiary alicyclic amines) is 1. The molecule has 1 aromatic carbocycles. The van der Waals surface area contributed by atoms with Crippen LogP contribution in [0.1, 0.15) is 47.8 Å². The van der Waals surface area contributed by atoms with Crippen molar-refractivity contribution in [1.82, 2.24) is 4.90 Å². The minimum atomic E-state index is -0.408. The van der Waals surface area contributed by atoms with Gasteiger partial charge in [0, 0.05) is 18.0 Å². The molecule has 4 rings (SSSR count). The van der Waals surface area contributed by atoms with E-state index >= 15 is 0 Å². The lowest BCUT2D eigenvalue weighted by Gasteiger charge is -2.29. The molecule has 0 aliphatic carbocycles. The second-order valence-electron chi connectivity index (χ2n) is 7.38. The molecule has 1 aromatic heterocycles. The zero-order valence-electron chi connectivity index (χ0n) is 16.9.